The number of hydrogen-bond acceptors (Lipinski definition) is 13. The minimum Gasteiger partial charge on any atom is -0.431 e. The van der Waals surface area contributed by atoms with Crippen molar-refractivity contribution in [1.82, 2.24) is 0 Å². The van der Waals surface area contributed by atoms with Gasteiger partial charge in [-0.25, -0.2) is 4.79 Å². The van der Waals surface area contributed by atoms with Gasteiger partial charge in [-0.3, -0.25) is 0 Å². The van der Waals surface area contributed by atoms with Gasteiger partial charge in [-0.05, 0) is 0 Å². The lowest BCUT2D eigenvalue weighted by atomic mass is 9.98. The van der Waals surface area contributed by atoms with Gasteiger partial charge < -0.3 is 56.8 Å². The molecule has 35 heavy (non-hydrogen) atoms. The molecule has 2 rings (SSSR count). The highest BCUT2D eigenvalue weighted by Gasteiger charge is 2.52. The average Bonchev–Trinajstić information content (AvgIpc) is 2.87. The Morgan fingerprint density at radius 2 is 1.17 bits per heavy atom. The van der Waals surface area contributed by atoms with Crippen molar-refractivity contribution in [3.8, 4) is 0 Å². The topological polar surface area (TPSA) is 128 Å². The lowest BCUT2D eigenvalue weighted by molar-refractivity contribution is -0.322. The van der Waals surface area contributed by atoms with Crippen molar-refractivity contribution in [2.45, 2.75) is 30.7 Å². The Morgan fingerprint density at radius 1 is 0.686 bits per heavy atom. The van der Waals surface area contributed by atoms with Crippen LogP contribution in [0.5, 0.6) is 0 Å². The molecule has 206 valence electrons. The molecule has 0 aromatic rings. The van der Waals surface area contributed by atoms with Gasteiger partial charge in [-0.2, -0.15) is 0 Å². The first-order valence-corrected chi connectivity index (χ1v) is 11.7. The summed E-state index contributed by atoms with van der Waals surface area (Å²) in [5, 5.41) is 0. The number of ether oxygens (including phenoxy) is 12. The van der Waals surface area contributed by atoms with Gasteiger partial charge in [0.25, 0.3) is 0 Å². The molecule has 13 heteroatoms. The van der Waals surface area contributed by atoms with Crippen LogP contribution in [-0.4, -0.2) is 144 Å². The van der Waals surface area contributed by atoms with E-state index in [9.17, 15) is 4.79 Å². The smallest absolute Gasteiger partial charge is 0.431 e. The maximum atomic E-state index is 11.8. The van der Waals surface area contributed by atoms with E-state index in [1.54, 1.807) is 14.2 Å². The maximum absolute atomic E-state index is 11.8. The first-order chi connectivity index (χ1) is 17.2. The number of hydrogen-bond donors (Lipinski definition) is 0. The third kappa shape index (κ3) is 11.6. The number of cyclic esters (lactones) is 1. The highest BCUT2D eigenvalue weighted by atomic mass is 16.8. The fourth-order valence-corrected chi connectivity index (χ4v) is 3.42. The lowest BCUT2D eigenvalue weighted by Crippen LogP contribution is -2.64. The van der Waals surface area contributed by atoms with Crippen molar-refractivity contribution >= 4 is 6.16 Å². The highest BCUT2D eigenvalue weighted by molar-refractivity contribution is 5.61. The molecule has 2 heterocycles. The van der Waals surface area contributed by atoms with Crippen molar-refractivity contribution in [3.05, 3.63) is 0 Å². The summed E-state index contributed by atoms with van der Waals surface area (Å²) in [4.78, 5) is 11.8. The molecule has 2 aliphatic heterocycles. The molecule has 0 aromatic carbocycles. The molecule has 0 saturated carbocycles. The fourth-order valence-electron chi connectivity index (χ4n) is 3.42. The van der Waals surface area contributed by atoms with Gasteiger partial charge in [0.2, 0.25) is 0 Å². The highest BCUT2D eigenvalue weighted by Crippen LogP contribution is 2.31. The molecule has 0 spiro atoms. The Hall–Kier alpha value is -1.13. The van der Waals surface area contributed by atoms with E-state index in [-0.39, 0.29) is 19.8 Å². The van der Waals surface area contributed by atoms with Crippen LogP contribution in [0.1, 0.15) is 0 Å². The number of rotatable bonds is 21. The van der Waals surface area contributed by atoms with E-state index in [2.05, 4.69) is 0 Å². The van der Waals surface area contributed by atoms with Crippen molar-refractivity contribution < 1.29 is 61.6 Å². The minimum absolute atomic E-state index is 0.0391. The molecule has 2 aliphatic rings. The molecule has 0 N–H and O–H groups in total. The van der Waals surface area contributed by atoms with Crippen molar-refractivity contribution in [3.63, 3.8) is 0 Å². The Bertz CT molecular complexity index is 537. The summed E-state index contributed by atoms with van der Waals surface area (Å²) in [7, 11) is 4.75. The predicted molar refractivity (Wildman–Crippen MR) is 118 cm³/mol. The Balaban J connectivity index is 1.78. The van der Waals surface area contributed by atoms with E-state index in [0.29, 0.717) is 66.1 Å². The minimum atomic E-state index is -0.778. The van der Waals surface area contributed by atoms with Crippen LogP contribution in [0.4, 0.5) is 4.79 Å². The van der Waals surface area contributed by atoms with Crippen molar-refractivity contribution in [2.75, 3.05) is 107 Å². The Labute approximate surface area is 206 Å². The third-order valence-corrected chi connectivity index (χ3v) is 5.10. The molecular formula is C22H40O13. The van der Waals surface area contributed by atoms with Crippen LogP contribution >= 0.6 is 0 Å². The second-order valence-corrected chi connectivity index (χ2v) is 7.53. The Kier molecular flexibility index (Phi) is 16.4. The molecule has 0 bridgehead atoms. The summed E-state index contributed by atoms with van der Waals surface area (Å²) in [5.41, 5.74) is 0. The van der Waals surface area contributed by atoms with Crippen LogP contribution in [0.15, 0.2) is 0 Å². The van der Waals surface area contributed by atoms with E-state index < -0.39 is 36.9 Å². The van der Waals surface area contributed by atoms with Gasteiger partial charge in [-0.15, -0.1) is 0 Å². The molecule has 5 atom stereocenters. The first-order valence-electron chi connectivity index (χ1n) is 11.7. The van der Waals surface area contributed by atoms with Crippen LogP contribution in [0.2, 0.25) is 0 Å². The molecule has 13 nitrogen and oxygen atoms in total. The zero-order valence-corrected chi connectivity index (χ0v) is 20.9. The monoisotopic (exact) mass is 512 g/mol. The van der Waals surface area contributed by atoms with Gasteiger partial charge in [0.1, 0.15) is 24.9 Å². The van der Waals surface area contributed by atoms with Crippen LogP contribution in [0, 0.1) is 0 Å². The lowest BCUT2D eigenvalue weighted by Gasteiger charge is -2.46. The van der Waals surface area contributed by atoms with E-state index in [0.717, 1.165) is 0 Å². The van der Waals surface area contributed by atoms with Crippen molar-refractivity contribution in [2.24, 2.45) is 0 Å². The molecule has 2 saturated heterocycles. The van der Waals surface area contributed by atoms with E-state index in [1.807, 2.05) is 0 Å². The van der Waals surface area contributed by atoms with E-state index in [1.165, 1.54) is 7.11 Å². The molecule has 0 aromatic heterocycles. The predicted octanol–water partition coefficient (Wildman–Crippen LogP) is 0.0227. The number of fused-ring (bicyclic) bond motifs is 1. The summed E-state index contributed by atoms with van der Waals surface area (Å²) in [6, 6.07) is 0. The fraction of sp³-hybridized carbons (Fsp3) is 0.955. The number of carbonyl (C=O) groups excluding carboxylic acids is 1. The quantitative estimate of drug-likeness (QED) is 0.152. The third-order valence-electron chi connectivity index (χ3n) is 5.10. The molecular weight excluding hydrogens is 472 g/mol. The maximum Gasteiger partial charge on any atom is 0.508 e. The van der Waals surface area contributed by atoms with Gasteiger partial charge in [0.15, 0.2) is 12.4 Å². The van der Waals surface area contributed by atoms with E-state index in [4.69, 9.17) is 56.8 Å². The van der Waals surface area contributed by atoms with Gasteiger partial charge >= 0.3 is 6.16 Å². The summed E-state index contributed by atoms with van der Waals surface area (Å²) in [5.74, 6) is 0. The summed E-state index contributed by atoms with van der Waals surface area (Å²) in [6.45, 7) is 5.04. The van der Waals surface area contributed by atoms with Crippen LogP contribution in [0.3, 0.4) is 0 Å². The molecule has 0 radical (unpaired) electrons. The van der Waals surface area contributed by atoms with Crippen LogP contribution in [0.25, 0.3) is 0 Å². The Morgan fingerprint density at radius 3 is 1.69 bits per heavy atom. The zero-order valence-electron chi connectivity index (χ0n) is 20.9. The summed E-state index contributed by atoms with van der Waals surface area (Å²) < 4.78 is 65.4. The van der Waals surface area contributed by atoms with E-state index >= 15 is 0 Å². The SMILES string of the molecule is COCCOCCOCCO[C@@H]1[C@@H](OCCOCCOCCOC)[C@@H](OC)O[C@@H]2COC(=O)O[C@@H]12. The molecule has 0 aliphatic carbocycles. The normalized spacial score (nSPS) is 26.3. The van der Waals surface area contributed by atoms with Gasteiger partial charge in [-0.1, -0.05) is 0 Å². The number of carbonyl (C=O) groups is 1. The zero-order chi connectivity index (χ0) is 25.1. The van der Waals surface area contributed by atoms with Gasteiger partial charge in [0.05, 0.1) is 79.3 Å². The summed E-state index contributed by atoms with van der Waals surface area (Å²) in [6.07, 6.45) is -4.08. The van der Waals surface area contributed by atoms with Crippen LogP contribution in [-0.2, 0) is 56.8 Å². The largest absolute Gasteiger partial charge is 0.508 e. The van der Waals surface area contributed by atoms with Crippen molar-refractivity contribution in [1.29, 1.82) is 0 Å². The second-order valence-electron chi connectivity index (χ2n) is 7.53. The molecule has 0 amide bonds. The molecule has 0 unspecified atom stereocenters. The second kappa shape index (κ2) is 19.0. The first kappa shape index (κ1) is 30.1. The van der Waals surface area contributed by atoms with Crippen LogP contribution < -0.4 is 0 Å². The summed E-state index contributed by atoms with van der Waals surface area (Å²) >= 11 is 0. The van der Waals surface area contributed by atoms with Gasteiger partial charge in [0, 0.05) is 21.3 Å². The average molecular weight is 513 g/mol. The molecule has 2 fully saturated rings. The number of methoxy groups -OCH3 is 3. The standard InChI is InChI=1S/C22H40O13/c1-24-4-6-27-8-10-29-12-14-31-19-18-17(16-33-22(23)35-18)34-21(26-3)20(19)32-15-13-30-11-9-28-7-5-25-2/h17-21H,4-16H2,1-3H3/t17-,18-,19+,20-,21+/m1/s1.